The third-order valence-corrected chi connectivity index (χ3v) is 5.64. The molecule has 1 aliphatic rings. The van der Waals surface area contributed by atoms with Gasteiger partial charge in [-0.05, 0) is 44.4 Å². The fourth-order valence-electron chi connectivity index (χ4n) is 2.84. The highest BCUT2D eigenvalue weighted by atomic mass is 127. The van der Waals surface area contributed by atoms with Gasteiger partial charge in [0.2, 0.25) is 0 Å². The Hall–Kier alpha value is -0.430. The van der Waals surface area contributed by atoms with E-state index in [1.165, 1.54) is 18.4 Å². The summed E-state index contributed by atoms with van der Waals surface area (Å²) >= 11 is 1.89. The Kier molecular flexibility index (Phi) is 8.75. The number of hydrogen-bond acceptors (Lipinski definition) is 2. The number of benzene rings is 1. The molecule has 0 aliphatic carbocycles. The number of rotatable bonds is 5. The number of aliphatic imine (C=N–C) groups is 1. The zero-order valence-corrected chi connectivity index (χ0v) is 17.9. The van der Waals surface area contributed by atoms with Gasteiger partial charge in [0.15, 0.2) is 5.96 Å². The van der Waals surface area contributed by atoms with Crippen molar-refractivity contribution in [2.45, 2.75) is 31.4 Å². The average Bonchev–Trinajstić information content (AvgIpc) is 2.97. The Bertz CT molecular complexity index is 490. The molecular weight excluding hydrogens is 417 g/mol. The monoisotopic (exact) mass is 447 g/mol. The number of hydrogen-bond donors (Lipinski definition) is 1. The second-order valence-electron chi connectivity index (χ2n) is 6.66. The molecule has 130 valence electrons. The van der Waals surface area contributed by atoms with Crippen molar-refractivity contribution in [3.8, 4) is 0 Å². The first-order chi connectivity index (χ1) is 10.5. The van der Waals surface area contributed by atoms with Gasteiger partial charge in [-0.1, -0.05) is 30.3 Å². The van der Waals surface area contributed by atoms with E-state index in [0.717, 1.165) is 31.5 Å². The summed E-state index contributed by atoms with van der Waals surface area (Å²) in [6, 6.07) is 10.8. The lowest BCUT2D eigenvalue weighted by Crippen LogP contribution is -2.44. The van der Waals surface area contributed by atoms with Gasteiger partial charge in [0.1, 0.15) is 0 Å². The number of nitrogens with one attached hydrogen (secondary N) is 1. The summed E-state index contributed by atoms with van der Waals surface area (Å²) in [6.07, 6.45) is 4.59. The van der Waals surface area contributed by atoms with E-state index in [9.17, 15) is 0 Å². The zero-order valence-electron chi connectivity index (χ0n) is 14.7. The molecule has 23 heavy (non-hydrogen) atoms. The normalized spacial score (nSPS) is 18.7. The summed E-state index contributed by atoms with van der Waals surface area (Å²) in [5, 5.41) is 3.54. The van der Waals surface area contributed by atoms with Gasteiger partial charge in [-0.25, -0.2) is 0 Å². The van der Waals surface area contributed by atoms with Crippen LogP contribution in [0.4, 0.5) is 0 Å². The second-order valence-corrected chi connectivity index (χ2v) is 8.17. The maximum Gasteiger partial charge on any atom is 0.193 e. The van der Waals surface area contributed by atoms with Crippen molar-refractivity contribution in [3.05, 3.63) is 35.9 Å². The van der Waals surface area contributed by atoms with Crippen LogP contribution < -0.4 is 5.32 Å². The molecule has 0 amide bonds. The Labute approximate surface area is 162 Å². The van der Waals surface area contributed by atoms with Crippen molar-refractivity contribution in [1.82, 2.24) is 10.2 Å². The van der Waals surface area contributed by atoms with E-state index in [1.54, 1.807) is 0 Å². The number of thioether (sulfide) groups is 1. The number of nitrogens with zero attached hydrogens (tertiary/aromatic N) is 2. The summed E-state index contributed by atoms with van der Waals surface area (Å²) in [5.41, 5.74) is 1.45. The molecule has 1 aliphatic heterocycles. The molecule has 1 atom stereocenters. The fourth-order valence-corrected chi connectivity index (χ4v) is 3.05. The number of halogens is 1. The molecule has 0 aromatic heterocycles. The van der Waals surface area contributed by atoms with E-state index in [0.29, 0.717) is 0 Å². The van der Waals surface area contributed by atoms with Gasteiger partial charge in [-0.3, -0.25) is 4.99 Å². The first kappa shape index (κ1) is 20.6. The topological polar surface area (TPSA) is 27.6 Å². The molecule has 0 radical (unpaired) electrons. The van der Waals surface area contributed by atoms with Gasteiger partial charge in [0, 0.05) is 31.4 Å². The maximum absolute atomic E-state index is 4.47. The summed E-state index contributed by atoms with van der Waals surface area (Å²) in [5.74, 6) is 1.78. The fraction of sp³-hybridized carbons (Fsp3) is 0.611. The van der Waals surface area contributed by atoms with Crippen molar-refractivity contribution in [1.29, 1.82) is 0 Å². The van der Waals surface area contributed by atoms with Crippen molar-refractivity contribution in [3.63, 3.8) is 0 Å². The summed E-state index contributed by atoms with van der Waals surface area (Å²) < 4.78 is 0.235. The van der Waals surface area contributed by atoms with Crippen LogP contribution in [-0.4, -0.2) is 48.5 Å². The van der Waals surface area contributed by atoms with Crippen LogP contribution >= 0.6 is 35.7 Å². The van der Waals surface area contributed by atoms with E-state index in [-0.39, 0.29) is 28.7 Å². The molecular formula is C18H30IN3S. The highest BCUT2D eigenvalue weighted by molar-refractivity contribution is 14.0. The lowest BCUT2D eigenvalue weighted by atomic mass is 9.99. The van der Waals surface area contributed by atoms with Crippen LogP contribution in [0.1, 0.15) is 25.8 Å². The molecule has 1 unspecified atom stereocenters. The first-order valence-corrected chi connectivity index (χ1v) is 9.31. The van der Waals surface area contributed by atoms with Crippen LogP contribution in [0.2, 0.25) is 0 Å². The van der Waals surface area contributed by atoms with E-state index in [2.05, 4.69) is 65.6 Å². The third kappa shape index (κ3) is 6.53. The maximum atomic E-state index is 4.47. The van der Waals surface area contributed by atoms with Crippen LogP contribution in [0.3, 0.4) is 0 Å². The molecule has 1 heterocycles. The van der Waals surface area contributed by atoms with Gasteiger partial charge in [-0.15, -0.1) is 24.0 Å². The van der Waals surface area contributed by atoms with Crippen LogP contribution in [0.15, 0.2) is 35.3 Å². The smallest absolute Gasteiger partial charge is 0.193 e. The predicted octanol–water partition coefficient (Wildman–Crippen LogP) is 3.89. The van der Waals surface area contributed by atoms with E-state index in [1.807, 2.05) is 18.8 Å². The highest BCUT2D eigenvalue weighted by Crippen LogP contribution is 2.22. The number of guanidine groups is 1. The van der Waals surface area contributed by atoms with Crippen molar-refractivity contribution >= 4 is 41.7 Å². The average molecular weight is 447 g/mol. The summed E-state index contributed by atoms with van der Waals surface area (Å²) in [6.45, 7) is 7.69. The zero-order chi connectivity index (χ0) is 16.0. The highest BCUT2D eigenvalue weighted by Gasteiger charge is 2.26. The molecule has 1 aromatic carbocycles. The minimum Gasteiger partial charge on any atom is -0.355 e. The summed E-state index contributed by atoms with van der Waals surface area (Å²) in [4.78, 5) is 6.88. The first-order valence-electron chi connectivity index (χ1n) is 8.09. The van der Waals surface area contributed by atoms with Gasteiger partial charge < -0.3 is 10.2 Å². The van der Waals surface area contributed by atoms with E-state index in [4.69, 9.17) is 0 Å². The van der Waals surface area contributed by atoms with Crippen molar-refractivity contribution < 1.29 is 0 Å². The quantitative estimate of drug-likeness (QED) is 0.422. The lowest BCUT2D eigenvalue weighted by molar-refractivity contribution is 0.456. The Morgan fingerprint density at radius 3 is 2.65 bits per heavy atom. The molecule has 5 heteroatoms. The van der Waals surface area contributed by atoms with Crippen LogP contribution in [-0.2, 0) is 6.42 Å². The molecule has 0 spiro atoms. The molecule has 1 N–H and O–H groups in total. The van der Waals surface area contributed by atoms with Gasteiger partial charge in [-0.2, -0.15) is 11.8 Å². The minimum absolute atomic E-state index is 0. The van der Waals surface area contributed by atoms with Crippen molar-refractivity contribution in [2.75, 3.05) is 32.9 Å². The Morgan fingerprint density at radius 2 is 2.04 bits per heavy atom. The van der Waals surface area contributed by atoms with Gasteiger partial charge in [0.25, 0.3) is 0 Å². The molecule has 3 nitrogen and oxygen atoms in total. The van der Waals surface area contributed by atoms with Crippen LogP contribution in [0, 0.1) is 5.92 Å². The Balaban J connectivity index is 0.00000264. The molecule has 1 fully saturated rings. The van der Waals surface area contributed by atoms with Gasteiger partial charge >= 0.3 is 0 Å². The molecule has 1 aromatic rings. The van der Waals surface area contributed by atoms with E-state index >= 15 is 0 Å². The van der Waals surface area contributed by atoms with E-state index < -0.39 is 0 Å². The number of likely N-dealkylation sites (tertiary alicyclic amines) is 1. The summed E-state index contributed by atoms with van der Waals surface area (Å²) in [7, 11) is 1.89. The van der Waals surface area contributed by atoms with Crippen LogP contribution in [0.5, 0.6) is 0 Å². The van der Waals surface area contributed by atoms with Crippen LogP contribution in [0.25, 0.3) is 0 Å². The van der Waals surface area contributed by atoms with Gasteiger partial charge in [0.05, 0.1) is 0 Å². The minimum atomic E-state index is 0. The third-order valence-electron chi connectivity index (χ3n) is 4.39. The largest absolute Gasteiger partial charge is 0.355 e. The standard InChI is InChI=1S/C18H29N3S.HI/c1-18(2,22-4)14-20-17(19-3)21-11-10-16(13-21)12-15-8-6-5-7-9-15;/h5-9,16H,10-14H2,1-4H3,(H,19,20);1H. The molecule has 2 rings (SSSR count). The molecule has 0 saturated carbocycles. The SMILES string of the molecule is CN=C(NCC(C)(C)SC)N1CCC(Cc2ccccc2)C1.I. The second kappa shape index (κ2) is 9.77. The molecule has 1 saturated heterocycles. The predicted molar refractivity (Wildman–Crippen MR) is 114 cm³/mol. The Morgan fingerprint density at radius 1 is 1.35 bits per heavy atom. The van der Waals surface area contributed by atoms with Crippen molar-refractivity contribution in [2.24, 2.45) is 10.9 Å². The molecule has 0 bridgehead atoms. The lowest BCUT2D eigenvalue weighted by Gasteiger charge is -2.27.